The zero-order valence-corrected chi connectivity index (χ0v) is 13.9. The SMILES string of the molecule is CCOc1ccc(CSc2cc(Br)ccc2C(=O)O)cc1. The maximum Gasteiger partial charge on any atom is 0.336 e. The highest BCUT2D eigenvalue weighted by Crippen LogP contribution is 2.29. The van der Waals surface area contributed by atoms with Gasteiger partial charge in [0.2, 0.25) is 0 Å². The van der Waals surface area contributed by atoms with E-state index < -0.39 is 5.97 Å². The molecule has 2 rings (SSSR count). The Hall–Kier alpha value is -1.46. The molecule has 110 valence electrons. The third-order valence-electron chi connectivity index (χ3n) is 2.80. The molecule has 2 aromatic rings. The number of ether oxygens (including phenoxy) is 1. The van der Waals surface area contributed by atoms with Gasteiger partial charge in [-0.1, -0.05) is 28.1 Å². The second-order valence-electron chi connectivity index (χ2n) is 4.31. The molecule has 0 aliphatic carbocycles. The van der Waals surface area contributed by atoms with Crippen LogP contribution in [0.25, 0.3) is 0 Å². The second kappa shape index (κ2) is 7.52. The fourth-order valence-electron chi connectivity index (χ4n) is 1.80. The molecule has 1 N–H and O–H groups in total. The van der Waals surface area contributed by atoms with Gasteiger partial charge in [0.25, 0.3) is 0 Å². The van der Waals surface area contributed by atoms with E-state index in [4.69, 9.17) is 4.74 Å². The highest BCUT2D eigenvalue weighted by molar-refractivity contribution is 9.10. The lowest BCUT2D eigenvalue weighted by Gasteiger charge is -2.08. The Labute approximate surface area is 136 Å². The van der Waals surface area contributed by atoms with Gasteiger partial charge in [-0.3, -0.25) is 0 Å². The van der Waals surface area contributed by atoms with Crippen LogP contribution < -0.4 is 4.74 Å². The fourth-order valence-corrected chi connectivity index (χ4v) is 3.35. The van der Waals surface area contributed by atoms with E-state index in [1.54, 1.807) is 12.1 Å². The second-order valence-corrected chi connectivity index (χ2v) is 6.24. The van der Waals surface area contributed by atoms with E-state index in [9.17, 15) is 9.90 Å². The average Bonchev–Trinajstić information content (AvgIpc) is 2.46. The molecule has 0 heterocycles. The standard InChI is InChI=1S/C16H15BrO3S/c1-2-20-13-6-3-11(4-7-13)10-21-15-9-12(17)5-8-14(15)16(18)19/h3-9H,2,10H2,1H3,(H,18,19). The van der Waals surface area contributed by atoms with Crippen LogP contribution >= 0.6 is 27.7 Å². The number of carbonyl (C=O) groups is 1. The molecule has 0 aromatic heterocycles. The van der Waals surface area contributed by atoms with Crippen LogP contribution in [-0.4, -0.2) is 17.7 Å². The molecule has 5 heteroatoms. The topological polar surface area (TPSA) is 46.5 Å². The zero-order valence-electron chi connectivity index (χ0n) is 11.5. The van der Waals surface area contributed by atoms with Gasteiger partial charge in [-0.15, -0.1) is 11.8 Å². The number of benzene rings is 2. The monoisotopic (exact) mass is 366 g/mol. The highest BCUT2D eigenvalue weighted by Gasteiger charge is 2.11. The smallest absolute Gasteiger partial charge is 0.336 e. The quantitative estimate of drug-likeness (QED) is 0.743. The van der Waals surface area contributed by atoms with Crippen LogP contribution in [0.2, 0.25) is 0 Å². The predicted octanol–water partition coefficient (Wildman–Crippen LogP) is 4.84. The molecule has 0 unspecified atom stereocenters. The van der Waals surface area contributed by atoms with Gasteiger partial charge in [-0.05, 0) is 42.8 Å². The van der Waals surface area contributed by atoms with Crippen molar-refractivity contribution in [3.8, 4) is 5.75 Å². The van der Waals surface area contributed by atoms with E-state index in [0.29, 0.717) is 17.9 Å². The largest absolute Gasteiger partial charge is 0.494 e. The van der Waals surface area contributed by atoms with E-state index in [1.165, 1.54) is 11.8 Å². The van der Waals surface area contributed by atoms with Gasteiger partial charge in [0.1, 0.15) is 5.75 Å². The normalized spacial score (nSPS) is 10.4. The van der Waals surface area contributed by atoms with Crippen molar-refractivity contribution in [2.24, 2.45) is 0 Å². The number of halogens is 1. The molecule has 21 heavy (non-hydrogen) atoms. The van der Waals surface area contributed by atoms with Crippen molar-refractivity contribution in [2.75, 3.05) is 6.61 Å². The number of hydrogen-bond acceptors (Lipinski definition) is 3. The van der Waals surface area contributed by atoms with Crippen molar-refractivity contribution in [2.45, 2.75) is 17.6 Å². The fraction of sp³-hybridized carbons (Fsp3) is 0.188. The summed E-state index contributed by atoms with van der Waals surface area (Å²) < 4.78 is 6.28. The summed E-state index contributed by atoms with van der Waals surface area (Å²) in [5.41, 5.74) is 1.45. The highest BCUT2D eigenvalue weighted by atomic mass is 79.9. The van der Waals surface area contributed by atoms with Gasteiger partial charge >= 0.3 is 5.97 Å². The molecule has 0 saturated heterocycles. The van der Waals surface area contributed by atoms with Crippen LogP contribution in [0, 0.1) is 0 Å². The Bertz CT molecular complexity index is 626. The van der Waals surface area contributed by atoms with Crippen LogP contribution in [0.4, 0.5) is 0 Å². The molecule has 2 aromatic carbocycles. The summed E-state index contributed by atoms with van der Waals surface area (Å²) in [4.78, 5) is 12.0. The lowest BCUT2D eigenvalue weighted by Crippen LogP contribution is -1.98. The Balaban J connectivity index is 2.08. The summed E-state index contributed by atoms with van der Waals surface area (Å²) in [5.74, 6) is 0.653. The molecule has 0 spiro atoms. The van der Waals surface area contributed by atoms with Crippen LogP contribution in [0.1, 0.15) is 22.8 Å². The van der Waals surface area contributed by atoms with Crippen LogP contribution in [-0.2, 0) is 5.75 Å². The Kier molecular flexibility index (Phi) is 5.70. The summed E-state index contributed by atoms with van der Waals surface area (Å²) in [7, 11) is 0. The molecule has 0 aliphatic rings. The van der Waals surface area contributed by atoms with Crippen molar-refractivity contribution in [1.29, 1.82) is 0 Å². The van der Waals surface area contributed by atoms with Crippen LogP contribution in [0.5, 0.6) is 5.75 Å². The molecule has 0 fully saturated rings. The van der Waals surface area contributed by atoms with Gasteiger partial charge in [0.05, 0.1) is 12.2 Å². The van der Waals surface area contributed by atoms with E-state index in [-0.39, 0.29) is 0 Å². The number of aromatic carboxylic acids is 1. The van der Waals surface area contributed by atoms with Crippen LogP contribution in [0.15, 0.2) is 51.8 Å². The molecular formula is C16H15BrO3S. The number of hydrogen-bond donors (Lipinski definition) is 1. The molecule has 0 saturated carbocycles. The zero-order chi connectivity index (χ0) is 15.2. The number of thioether (sulfide) groups is 1. The van der Waals surface area contributed by atoms with Crippen molar-refractivity contribution in [3.63, 3.8) is 0 Å². The van der Waals surface area contributed by atoms with Crippen molar-refractivity contribution >= 4 is 33.7 Å². The minimum atomic E-state index is -0.906. The Morgan fingerprint density at radius 3 is 2.57 bits per heavy atom. The summed E-state index contributed by atoms with van der Waals surface area (Å²) in [6.07, 6.45) is 0. The number of carboxylic acid groups (broad SMARTS) is 1. The van der Waals surface area contributed by atoms with E-state index >= 15 is 0 Å². The number of rotatable bonds is 6. The third-order valence-corrected chi connectivity index (χ3v) is 4.42. The third kappa shape index (κ3) is 4.51. The van der Waals surface area contributed by atoms with Crippen molar-refractivity contribution < 1.29 is 14.6 Å². The van der Waals surface area contributed by atoms with Crippen LogP contribution in [0.3, 0.4) is 0 Å². The van der Waals surface area contributed by atoms with Crippen molar-refractivity contribution in [1.82, 2.24) is 0 Å². The van der Waals surface area contributed by atoms with E-state index in [0.717, 1.165) is 20.7 Å². The Morgan fingerprint density at radius 1 is 1.24 bits per heavy atom. The summed E-state index contributed by atoms with van der Waals surface area (Å²) in [6, 6.07) is 13.0. The van der Waals surface area contributed by atoms with E-state index in [2.05, 4.69) is 15.9 Å². The van der Waals surface area contributed by atoms with Gasteiger partial charge in [0.15, 0.2) is 0 Å². The van der Waals surface area contributed by atoms with Gasteiger partial charge in [-0.2, -0.15) is 0 Å². The first-order valence-electron chi connectivity index (χ1n) is 6.47. The van der Waals surface area contributed by atoms with E-state index in [1.807, 2.05) is 37.3 Å². The molecule has 0 amide bonds. The molecule has 3 nitrogen and oxygen atoms in total. The molecular weight excluding hydrogens is 352 g/mol. The molecule has 0 aliphatic heterocycles. The van der Waals surface area contributed by atoms with Crippen molar-refractivity contribution in [3.05, 3.63) is 58.1 Å². The minimum absolute atomic E-state index is 0.328. The lowest BCUT2D eigenvalue weighted by atomic mass is 10.2. The Morgan fingerprint density at radius 2 is 1.95 bits per heavy atom. The molecule has 0 radical (unpaired) electrons. The first-order valence-corrected chi connectivity index (χ1v) is 8.25. The summed E-state index contributed by atoms with van der Waals surface area (Å²) >= 11 is 4.89. The summed E-state index contributed by atoms with van der Waals surface area (Å²) in [6.45, 7) is 2.60. The maximum atomic E-state index is 11.2. The maximum absolute atomic E-state index is 11.2. The lowest BCUT2D eigenvalue weighted by molar-refractivity contribution is 0.0693. The first-order chi connectivity index (χ1) is 10.1. The average molecular weight is 367 g/mol. The molecule has 0 bridgehead atoms. The molecule has 0 atom stereocenters. The van der Waals surface area contributed by atoms with Gasteiger partial charge < -0.3 is 9.84 Å². The predicted molar refractivity (Wildman–Crippen MR) is 88.3 cm³/mol. The minimum Gasteiger partial charge on any atom is -0.494 e. The summed E-state index contributed by atoms with van der Waals surface area (Å²) in [5, 5.41) is 9.20. The number of carboxylic acids is 1. The van der Waals surface area contributed by atoms with Gasteiger partial charge in [0, 0.05) is 15.1 Å². The first kappa shape index (κ1) is 15.9. The van der Waals surface area contributed by atoms with Gasteiger partial charge in [-0.25, -0.2) is 4.79 Å².